The van der Waals surface area contributed by atoms with Crippen molar-refractivity contribution >= 4 is 39.8 Å². The summed E-state index contributed by atoms with van der Waals surface area (Å²) in [5.74, 6) is 0.0535. The number of rotatable bonds is 8. The lowest BCUT2D eigenvalue weighted by molar-refractivity contribution is -0.142. The van der Waals surface area contributed by atoms with Crippen molar-refractivity contribution in [3.05, 3.63) is 72.0 Å². The minimum absolute atomic E-state index is 0.167. The van der Waals surface area contributed by atoms with E-state index < -0.39 is 11.9 Å². The Morgan fingerprint density at radius 3 is 2.67 bits per heavy atom. The fourth-order valence-corrected chi connectivity index (χ4v) is 3.31. The molecule has 1 N–H and O–H groups in total. The number of ether oxygens (including phenoxy) is 3. The molecule has 1 heterocycles. The SMILES string of the molecule is CCOc1cc(/C=N\NC(=O)c2cc3c(ccc4ccccc43)o2)ccc1OCC(=O)OC. The van der Waals surface area contributed by atoms with Crippen LogP contribution in [0.2, 0.25) is 0 Å². The monoisotopic (exact) mass is 446 g/mol. The van der Waals surface area contributed by atoms with E-state index in [4.69, 9.17) is 13.9 Å². The zero-order chi connectivity index (χ0) is 23.2. The van der Waals surface area contributed by atoms with Crippen LogP contribution in [0, 0.1) is 0 Å². The molecule has 0 aliphatic carbocycles. The average molecular weight is 446 g/mol. The van der Waals surface area contributed by atoms with E-state index >= 15 is 0 Å². The Kier molecular flexibility index (Phi) is 6.54. The second kappa shape index (κ2) is 9.86. The van der Waals surface area contributed by atoms with Crippen LogP contribution in [-0.2, 0) is 9.53 Å². The number of methoxy groups -OCH3 is 1. The molecule has 0 unspecified atom stereocenters. The first-order valence-electron chi connectivity index (χ1n) is 10.3. The fourth-order valence-electron chi connectivity index (χ4n) is 3.31. The van der Waals surface area contributed by atoms with Gasteiger partial charge in [-0.05, 0) is 53.6 Å². The highest BCUT2D eigenvalue weighted by Crippen LogP contribution is 2.29. The van der Waals surface area contributed by atoms with Gasteiger partial charge in [-0.2, -0.15) is 5.10 Å². The molecule has 33 heavy (non-hydrogen) atoms. The number of esters is 1. The third-order valence-electron chi connectivity index (χ3n) is 4.87. The Morgan fingerprint density at radius 1 is 1.00 bits per heavy atom. The summed E-state index contributed by atoms with van der Waals surface area (Å²) >= 11 is 0. The second-order valence-corrected chi connectivity index (χ2v) is 7.01. The summed E-state index contributed by atoms with van der Waals surface area (Å²) in [7, 11) is 1.29. The summed E-state index contributed by atoms with van der Waals surface area (Å²) in [5.41, 5.74) is 3.77. The maximum Gasteiger partial charge on any atom is 0.343 e. The van der Waals surface area contributed by atoms with E-state index in [2.05, 4.69) is 15.3 Å². The van der Waals surface area contributed by atoms with E-state index in [0.717, 1.165) is 16.2 Å². The van der Waals surface area contributed by atoms with Crippen molar-refractivity contribution in [3.63, 3.8) is 0 Å². The first-order valence-corrected chi connectivity index (χ1v) is 10.3. The molecule has 4 rings (SSSR count). The molecule has 0 radical (unpaired) electrons. The van der Waals surface area contributed by atoms with Crippen molar-refractivity contribution in [2.45, 2.75) is 6.92 Å². The lowest BCUT2D eigenvalue weighted by atomic mass is 10.1. The van der Waals surface area contributed by atoms with Crippen molar-refractivity contribution in [3.8, 4) is 11.5 Å². The lowest BCUT2D eigenvalue weighted by Gasteiger charge is -2.11. The Morgan fingerprint density at radius 2 is 1.85 bits per heavy atom. The minimum atomic E-state index is -0.496. The number of furan rings is 1. The molecule has 0 saturated heterocycles. The molecule has 8 heteroatoms. The quantitative estimate of drug-likeness (QED) is 0.246. The number of carbonyl (C=O) groups is 2. The van der Waals surface area contributed by atoms with E-state index in [1.165, 1.54) is 13.3 Å². The van der Waals surface area contributed by atoms with Crippen molar-refractivity contribution in [1.82, 2.24) is 5.43 Å². The van der Waals surface area contributed by atoms with Crippen LogP contribution in [0.5, 0.6) is 11.5 Å². The summed E-state index contributed by atoms with van der Waals surface area (Å²) in [6.45, 7) is 2.02. The molecule has 0 saturated carbocycles. The third-order valence-corrected chi connectivity index (χ3v) is 4.87. The highest BCUT2D eigenvalue weighted by atomic mass is 16.6. The van der Waals surface area contributed by atoms with Gasteiger partial charge in [0.1, 0.15) is 5.58 Å². The number of hydrogen-bond acceptors (Lipinski definition) is 7. The Balaban J connectivity index is 1.47. The van der Waals surface area contributed by atoms with Gasteiger partial charge in [-0.25, -0.2) is 10.2 Å². The lowest BCUT2D eigenvalue weighted by Crippen LogP contribution is -2.16. The summed E-state index contributed by atoms with van der Waals surface area (Å²) in [6.07, 6.45) is 1.47. The van der Waals surface area contributed by atoms with Gasteiger partial charge in [0.05, 0.1) is 19.9 Å². The molecule has 168 valence electrons. The number of carbonyl (C=O) groups excluding carboxylic acids is 2. The van der Waals surface area contributed by atoms with Gasteiger partial charge < -0.3 is 18.6 Å². The van der Waals surface area contributed by atoms with Crippen LogP contribution in [0.4, 0.5) is 0 Å². The predicted octanol–water partition coefficient (Wildman–Crippen LogP) is 4.30. The summed E-state index contributed by atoms with van der Waals surface area (Å²) in [4.78, 5) is 23.8. The van der Waals surface area contributed by atoms with Crippen LogP contribution in [-0.4, -0.2) is 38.4 Å². The number of nitrogens with one attached hydrogen (secondary N) is 1. The van der Waals surface area contributed by atoms with Crippen LogP contribution >= 0.6 is 0 Å². The van der Waals surface area contributed by atoms with Crippen molar-refractivity contribution in [2.24, 2.45) is 5.10 Å². The van der Waals surface area contributed by atoms with Crippen LogP contribution in [0.15, 0.2) is 70.2 Å². The van der Waals surface area contributed by atoms with Gasteiger partial charge in [0.2, 0.25) is 0 Å². The van der Waals surface area contributed by atoms with E-state index in [1.807, 2.05) is 43.3 Å². The molecule has 0 spiro atoms. The molecule has 3 aromatic carbocycles. The Hall–Kier alpha value is -4.33. The number of amides is 1. The highest BCUT2D eigenvalue weighted by molar-refractivity contribution is 6.08. The van der Waals surface area contributed by atoms with Gasteiger partial charge in [-0.3, -0.25) is 4.79 Å². The zero-order valence-corrected chi connectivity index (χ0v) is 18.2. The highest BCUT2D eigenvalue weighted by Gasteiger charge is 2.13. The van der Waals surface area contributed by atoms with Gasteiger partial charge in [0, 0.05) is 5.39 Å². The molecule has 0 atom stereocenters. The van der Waals surface area contributed by atoms with E-state index in [9.17, 15) is 9.59 Å². The number of benzene rings is 3. The zero-order valence-electron chi connectivity index (χ0n) is 18.2. The van der Waals surface area contributed by atoms with Crippen LogP contribution in [0.1, 0.15) is 23.0 Å². The normalized spacial score (nSPS) is 11.1. The van der Waals surface area contributed by atoms with Crippen molar-refractivity contribution in [2.75, 3.05) is 20.3 Å². The number of hydrogen-bond donors (Lipinski definition) is 1. The van der Waals surface area contributed by atoms with E-state index in [-0.39, 0.29) is 12.4 Å². The van der Waals surface area contributed by atoms with Crippen LogP contribution in [0.3, 0.4) is 0 Å². The maximum absolute atomic E-state index is 12.5. The molecule has 0 fully saturated rings. The van der Waals surface area contributed by atoms with Crippen LogP contribution in [0.25, 0.3) is 21.7 Å². The van der Waals surface area contributed by atoms with E-state index in [1.54, 1.807) is 24.3 Å². The van der Waals surface area contributed by atoms with Crippen molar-refractivity contribution < 1.29 is 28.2 Å². The largest absolute Gasteiger partial charge is 0.490 e. The van der Waals surface area contributed by atoms with Crippen LogP contribution < -0.4 is 14.9 Å². The smallest absolute Gasteiger partial charge is 0.343 e. The minimum Gasteiger partial charge on any atom is -0.490 e. The summed E-state index contributed by atoms with van der Waals surface area (Å²) in [6, 6.07) is 18.5. The maximum atomic E-state index is 12.5. The molecule has 1 aromatic heterocycles. The Bertz CT molecular complexity index is 1340. The standard InChI is InChI=1S/C25H22N2O6/c1-3-31-22-12-16(8-10-21(22)32-15-24(28)30-2)14-26-27-25(29)23-13-19-18-7-5-4-6-17(18)9-11-20(19)33-23/h4-14H,3,15H2,1-2H3,(H,27,29)/b26-14-. The molecule has 1 amide bonds. The van der Waals surface area contributed by atoms with Crippen molar-refractivity contribution in [1.29, 1.82) is 0 Å². The molecular formula is C25H22N2O6. The first kappa shape index (κ1) is 21.9. The Labute approximate surface area is 189 Å². The predicted molar refractivity (Wildman–Crippen MR) is 124 cm³/mol. The molecule has 0 bridgehead atoms. The van der Waals surface area contributed by atoms with E-state index in [0.29, 0.717) is 29.3 Å². The molecule has 4 aromatic rings. The summed E-state index contributed by atoms with van der Waals surface area (Å²) in [5, 5.41) is 6.96. The number of fused-ring (bicyclic) bond motifs is 3. The van der Waals surface area contributed by atoms with Gasteiger partial charge in [0.15, 0.2) is 23.9 Å². The average Bonchev–Trinajstić information content (AvgIpc) is 3.28. The third kappa shape index (κ3) is 4.95. The first-order chi connectivity index (χ1) is 16.1. The van der Waals surface area contributed by atoms with Gasteiger partial charge >= 0.3 is 11.9 Å². The second-order valence-electron chi connectivity index (χ2n) is 7.01. The van der Waals surface area contributed by atoms with Gasteiger partial charge in [-0.1, -0.05) is 30.3 Å². The van der Waals surface area contributed by atoms with Gasteiger partial charge in [0.25, 0.3) is 0 Å². The summed E-state index contributed by atoms with van der Waals surface area (Å²) < 4.78 is 21.3. The fraction of sp³-hybridized carbons (Fsp3) is 0.160. The number of nitrogens with zero attached hydrogens (tertiary/aromatic N) is 1. The number of hydrazone groups is 1. The molecule has 8 nitrogen and oxygen atoms in total. The topological polar surface area (TPSA) is 99.4 Å². The van der Waals surface area contributed by atoms with Gasteiger partial charge in [-0.15, -0.1) is 0 Å². The molecule has 0 aliphatic heterocycles. The molecule has 0 aliphatic rings. The molecular weight excluding hydrogens is 424 g/mol.